The van der Waals surface area contributed by atoms with E-state index in [-0.39, 0.29) is 29.3 Å². The van der Waals surface area contributed by atoms with Crippen molar-refractivity contribution in [3.05, 3.63) is 95.6 Å². The summed E-state index contributed by atoms with van der Waals surface area (Å²) in [5, 5.41) is 30.6. The number of rotatable bonds is 22. The highest BCUT2D eigenvalue weighted by Gasteiger charge is 2.29. The van der Waals surface area contributed by atoms with E-state index < -0.39 is 5.41 Å². The average Bonchev–Trinajstić information content (AvgIpc) is 3.10. The van der Waals surface area contributed by atoms with Crippen molar-refractivity contribution >= 4 is 39.3 Å². The predicted molar refractivity (Wildman–Crippen MR) is 213 cm³/mol. The average molecular weight is 704 g/mol. The second-order valence-corrected chi connectivity index (χ2v) is 17.2. The lowest BCUT2D eigenvalue weighted by Crippen LogP contribution is -2.18. The number of hydrogen-bond acceptors (Lipinski definition) is 6. The van der Waals surface area contributed by atoms with E-state index in [9.17, 15) is 15.5 Å². The summed E-state index contributed by atoms with van der Waals surface area (Å²) in [7, 11) is 0. The molecule has 0 fully saturated rings. The maximum absolute atomic E-state index is 10.5. The summed E-state index contributed by atoms with van der Waals surface area (Å²) in [5.74, 6) is 2.26. The van der Waals surface area contributed by atoms with E-state index in [4.69, 9.17) is 12.2 Å². The van der Waals surface area contributed by atoms with Crippen molar-refractivity contribution in [2.45, 2.75) is 122 Å². The second-order valence-electron chi connectivity index (χ2n) is 13.9. The smallest absolute Gasteiger partial charge is 0.157 e. The first-order valence-corrected chi connectivity index (χ1v) is 20.4. The van der Waals surface area contributed by atoms with Crippen molar-refractivity contribution in [2.75, 3.05) is 11.5 Å². The molecule has 2 N–H and O–H groups in total. The molecule has 0 saturated carbocycles. The summed E-state index contributed by atoms with van der Waals surface area (Å²) in [4.78, 5) is 0. The molecule has 3 rings (SSSR count). The third kappa shape index (κ3) is 15.0. The predicted octanol–water partition coefficient (Wildman–Crippen LogP) is 13.1. The lowest BCUT2D eigenvalue weighted by molar-refractivity contribution is 0.360. The number of phenolic OH excluding ortho intramolecular Hbond substituents is 2. The van der Waals surface area contributed by atoms with E-state index >= 15 is 0 Å². The third-order valence-electron chi connectivity index (χ3n) is 9.33. The quantitative estimate of drug-likeness (QED) is 0.0617. The number of hydrogen-bond donors (Lipinski definition) is 2. The number of benzene rings is 3. The lowest BCUT2D eigenvalue weighted by atomic mass is 9.73. The molecule has 0 aliphatic carbocycles. The van der Waals surface area contributed by atoms with Gasteiger partial charge in [0.2, 0.25) is 0 Å². The van der Waals surface area contributed by atoms with Crippen molar-refractivity contribution in [2.24, 2.45) is 5.41 Å². The zero-order valence-electron chi connectivity index (χ0n) is 29.4. The molecule has 48 heavy (non-hydrogen) atoms. The molecule has 260 valence electrons. The first-order chi connectivity index (χ1) is 23.2. The Bertz CT molecular complexity index is 1370. The zero-order valence-corrected chi connectivity index (χ0v) is 31.9. The molecule has 0 aromatic heterocycles. The van der Waals surface area contributed by atoms with Gasteiger partial charge < -0.3 is 10.2 Å². The normalized spacial score (nSPS) is 13.5. The summed E-state index contributed by atoms with van der Waals surface area (Å²) in [6, 6.07) is 29.0. The minimum Gasteiger partial charge on any atom is -0.504 e. The van der Waals surface area contributed by atoms with Crippen molar-refractivity contribution in [1.29, 1.82) is 5.26 Å². The fourth-order valence-corrected chi connectivity index (χ4v) is 8.98. The standard InChI is InChI=1S/C42H57NO2S3/c1-4-5-6-7-8-9-10-11-12-19-26-47-41(46)48-31-38(34-22-17-14-18-23-34)28-36(35-24-25-39(44)40(45)29-35)27-37(30-42(2,3)32-43)33-20-15-13-16-21-33/h13-18,20-25,29,36-38,44-45H,4-12,19,26-28,30-31H2,1-3H3. The summed E-state index contributed by atoms with van der Waals surface area (Å²) >= 11 is 9.50. The summed E-state index contributed by atoms with van der Waals surface area (Å²) in [6.07, 6.45) is 15.8. The monoisotopic (exact) mass is 703 g/mol. The molecule has 0 spiro atoms. The van der Waals surface area contributed by atoms with Crippen LogP contribution in [0.4, 0.5) is 0 Å². The molecule has 0 saturated heterocycles. The molecule has 0 radical (unpaired) electrons. The van der Waals surface area contributed by atoms with Crippen LogP contribution in [0.25, 0.3) is 0 Å². The lowest BCUT2D eigenvalue weighted by Gasteiger charge is -2.31. The largest absolute Gasteiger partial charge is 0.504 e. The summed E-state index contributed by atoms with van der Waals surface area (Å²) in [5.41, 5.74) is 3.04. The van der Waals surface area contributed by atoms with E-state index in [1.807, 2.05) is 37.7 Å². The molecule has 3 atom stereocenters. The molecule has 0 heterocycles. The Balaban J connectivity index is 1.68. The first kappa shape index (κ1) is 40.0. The van der Waals surface area contributed by atoms with E-state index in [2.05, 4.69) is 67.6 Å². The number of thiocarbonyl (C=S) groups is 1. The van der Waals surface area contributed by atoms with Crippen LogP contribution in [0.5, 0.6) is 11.5 Å². The first-order valence-electron chi connectivity index (χ1n) is 18.0. The van der Waals surface area contributed by atoms with Gasteiger partial charge in [0, 0.05) is 5.75 Å². The van der Waals surface area contributed by atoms with Crippen LogP contribution in [-0.2, 0) is 0 Å². The Morgan fingerprint density at radius 3 is 1.79 bits per heavy atom. The fraction of sp³-hybridized carbons (Fsp3) is 0.524. The van der Waals surface area contributed by atoms with Crippen molar-refractivity contribution in [1.82, 2.24) is 0 Å². The molecule has 3 nitrogen and oxygen atoms in total. The van der Waals surface area contributed by atoms with Gasteiger partial charge in [-0.25, -0.2) is 0 Å². The van der Waals surface area contributed by atoms with Crippen LogP contribution < -0.4 is 0 Å². The number of unbranched alkanes of at least 4 members (excludes halogenated alkanes) is 9. The zero-order chi connectivity index (χ0) is 34.6. The molecular weight excluding hydrogens is 647 g/mol. The maximum atomic E-state index is 10.5. The van der Waals surface area contributed by atoms with Crippen LogP contribution in [0.15, 0.2) is 78.9 Å². The maximum Gasteiger partial charge on any atom is 0.157 e. The summed E-state index contributed by atoms with van der Waals surface area (Å²) < 4.78 is 1.02. The molecule has 0 bridgehead atoms. The van der Waals surface area contributed by atoms with Crippen molar-refractivity contribution < 1.29 is 10.2 Å². The Labute approximate surface area is 305 Å². The molecule has 3 aromatic rings. The van der Waals surface area contributed by atoms with Crippen LogP contribution in [0.2, 0.25) is 0 Å². The van der Waals surface area contributed by atoms with E-state index in [1.165, 1.54) is 75.3 Å². The molecule has 3 aromatic carbocycles. The molecule has 0 aliphatic rings. The van der Waals surface area contributed by atoms with Gasteiger partial charge in [0.1, 0.15) is 3.53 Å². The van der Waals surface area contributed by atoms with Crippen LogP contribution >= 0.6 is 35.7 Å². The minimum atomic E-state index is -0.478. The number of nitriles is 1. The number of thioether (sulfide) groups is 2. The van der Waals surface area contributed by atoms with Gasteiger partial charge in [-0.2, -0.15) is 5.26 Å². The molecule has 6 heteroatoms. The van der Waals surface area contributed by atoms with Crippen LogP contribution in [-0.4, -0.2) is 25.2 Å². The number of nitrogens with zero attached hydrogens (tertiary/aromatic N) is 1. The third-order valence-corrected chi connectivity index (χ3v) is 12.3. The highest BCUT2D eigenvalue weighted by atomic mass is 32.2. The van der Waals surface area contributed by atoms with E-state index in [0.29, 0.717) is 0 Å². The van der Waals surface area contributed by atoms with Crippen LogP contribution in [0, 0.1) is 16.7 Å². The molecule has 3 unspecified atom stereocenters. The second kappa shape index (κ2) is 22.3. The van der Waals surface area contributed by atoms with Crippen LogP contribution in [0.3, 0.4) is 0 Å². The highest BCUT2D eigenvalue weighted by Crippen LogP contribution is 2.44. The van der Waals surface area contributed by atoms with Gasteiger partial charge in [-0.3, -0.25) is 0 Å². The minimum absolute atomic E-state index is 0.0925. The SMILES string of the molecule is CCCCCCCCCCCCSC(=S)SCC(CC(CC(CC(C)(C)C#N)c1ccccc1)c1ccc(O)c(O)c1)c1ccccc1. The van der Waals surface area contributed by atoms with Gasteiger partial charge in [-0.05, 0) is 91.9 Å². The Morgan fingerprint density at radius 2 is 1.23 bits per heavy atom. The van der Waals surface area contributed by atoms with Gasteiger partial charge in [0.25, 0.3) is 0 Å². The summed E-state index contributed by atoms with van der Waals surface area (Å²) in [6.45, 7) is 6.31. The molecule has 0 aliphatic heterocycles. The van der Waals surface area contributed by atoms with Crippen LogP contribution in [0.1, 0.15) is 139 Å². The number of phenols is 2. The van der Waals surface area contributed by atoms with E-state index in [1.54, 1.807) is 23.9 Å². The van der Waals surface area contributed by atoms with E-state index in [0.717, 1.165) is 39.9 Å². The van der Waals surface area contributed by atoms with Gasteiger partial charge in [0.05, 0.1) is 11.5 Å². The van der Waals surface area contributed by atoms with Crippen molar-refractivity contribution in [3.8, 4) is 17.6 Å². The highest BCUT2D eigenvalue weighted by molar-refractivity contribution is 8.47. The molecule has 0 amide bonds. The topological polar surface area (TPSA) is 64.2 Å². The Hall–Kier alpha value is -2.46. The Morgan fingerprint density at radius 1 is 0.688 bits per heavy atom. The Kier molecular flexibility index (Phi) is 18.6. The number of aromatic hydroxyl groups is 2. The van der Waals surface area contributed by atoms with Gasteiger partial charge in [-0.1, -0.05) is 144 Å². The molecular formula is C42H57NO2S3. The van der Waals surface area contributed by atoms with Gasteiger partial charge in [0.15, 0.2) is 11.5 Å². The van der Waals surface area contributed by atoms with Crippen molar-refractivity contribution in [3.63, 3.8) is 0 Å². The van der Waals surface area contributed by atoms with Gasteiger partial charge in [-0.15, -0.1) is 23.5 Å². The van der Waals surface area contributed by atoms with Gasteiger partial charge >= 0.3 is 0 Å². The fourth-order valence-electron chi connectivity index (χ4n) is 6.55.